The first-order valence-electron chi connectivity index (χ1n) is 5.28. The van der Waals surface area contributed by atoms with Crippen molar-refractivity contribution in [2.45, 2.75) is 0 Å². The second kappa shape index (κ2) is 4.03. The zero-order chi connectivity index (χ0) is 12.7. The van der Waals surface area contributed by atoms with Crippen LogP contribution in [0.5, 0.6) is 5.75 Å². The summed E-state index contributed by atoms with van der Waals surface area (Å²) in [6.07, 6.45) is 0. The number of aromatic nitrogens is 1. The molecule has 4 nitrogen and oxygen atoms in total. The van der Waals surface area contributed by atoms with Crippen LogP contribution in [0.15, 0.2) is 45.3 Å². The number of rotatable bonds is 1. The quantitative estimate of drug-likeness (QED) is 0.674. The van der Waals surface area contributed by atoms with Crippen LogP contribution in [-0.2, 0) is 0 Å². The van der Waals surface area contributed by atoms with Gasteiger partial charge in [-0.3, -0.25) is 0 Å². The van der Waals surface area contributed by atoms with Crippen LogP contribution in [0.4, 0.5) is 5.69 Å². The van der Waals surface area contributed by atoms with Gasteiger partial charge >= 0.3 is 0 Å². The van der Waals surface area contributed by atoms with Crippen molar-refractivity contribution < 1.29 is 9.52 Å². The van der Waals surface area contributed by atoms with E-state index in [1.807, 2.05) is 18.2 Å². The van der Waals surface area contributed by atoms with Gasteiger partial charge < -0.3 is 15.3 Å². The van der Waals surface area contributed by atoms with Crippen LogP contribution in [0, 0.1) is 0 Å². The van der Waals surface area contributed by atoms with Crippen molar-refractivity contribution in [3.05, 3.63) is 40.9 Å². The number of nitrogens with zero attached hydrogens (tertiary/aromatic N) is 1. The molecule has 1 heterocycles. The lowest BCUT2D eigenvalue weighted by Gasteiger charge is -2.00. The zero-order valence-electron chi connectivity index (χ0n) is 9.22. The van der Waals surface area contributed by atoms with E-state index in [0.717, 1.165) is 9.99 Å². The predicted molar refractivity (Wildman–Crippen MR) is 73.2 cm³/mol. The molecule has 18 heavy (non-hydrogen) atoms. The van der Waals surface area contributed by atoms with Crippen LogP contribution in [0.2, 0.25) is 0 Å². The lowest BCUT2D eigenvalue weighted by Crippen LogP contribution is -1.85. The lowest BCUT2D eigenvalue weighted by molar-refractivity contribution is 0.474. The van der Waals surface area contributed by atoms with Crippen LogP contribution in [0.3, 0.4) is 0 Å². The molecule has 3 aromatic rings. The summed E-state index contributed by atoms with van der Waals surface area (Å²) in [4.78, 5) is 4.34. The van der Waals surface area contributed by atoms with E-state index in [1.165, 1.54) is 6.07 Å². The molecule has 3 N–H and O–H groups in total. The molecule has 0 atom stereocenters. The van der Waals surface area contributed by atoms with Crippen molar-refractivity contribution in [1.29, 1.82) is 0 Å². The van der Waals surface area contributed by atoms with Gasteiger partial charge in [-0.05, 0) is 30.3 Å². The molecule has 90 valence electrons. The molecule has 3 rings (SSSR count). The van der Waals surface area contributed by atoms with Crippen molar-refractivity contribution in [1.82, 2.24) is 4.98 Å². The Bertz CT molecular complexity index is 737. The second-order valence-electron chi connectivity index (χ2n) is 3.91. The molecule has 0 amide bonds. The highest BCUT2D eigenvalue weighted by Gasteiger charge is 2.12. The van der Waals surface area contributed by atoms with Gasteiger partial charge in [0.05, 0.1) is 5.56 Å². The summed E-state index contributed by atoms with van der Waals surface area (Å²) in [5.74, 6) is 0.432. The number of halogens is 1. The Labute approximate surface area is 111 Å². The number of phenols is 1. The number of benzene rings is 2. The Morgan fingerprint density at radius 2 is 2.00 bits per heavy atom. The molecular weight excluding hydrogens is 296 g/mol. The average Bonchev–Trinajstić information content (AvgIpc) is 2.71. The number of anilines is 1. The summed E-state index contributed by atoms with van der Waals surface area (Å²) in [7, 11) is 0. The maximum absolute atomic E-state index is 9.84. The number of nitrogen functional groups attached to an aromatic ring is 1. The van der Waals surface area contributed by atoms with Crippen molar-refractivity contribution in [2.24, 2.45) is 0 Å². The third-order valence-electron chi connectivity index (χ3n) is 2.60. The SMILES string of the molecule is Nc1ccc(-c2nc3cc(Br)ccc3o2)c(O)c1. The van der Waals surface area contributed by atoms with E-state index in [-0.39, 0.29) is 5.75 Å². The van der Waals surface area contributed by atoms with E-state index < -0.39 is 0 Å². The van der Waals surface area contributed by atoms with E-state index in [1.54, 1.807) is 12.1 Å². The van der Waals surface area contributed by atoms with E-state index in [0.29, 0.717) is 22.7 Å². The van der Waals surface area contributed by atoms with Crippen LogP contribution in [0.1, 0.15) is 0 Å². The summed E-state index contributed by atoms with van der Waals surface area (Å²) in [5, 5.41) is 9.84. The summed E-state index contributed by atoms with van der Waals surface area (Å²) in [5.41, 5.74) is 8.01. The number of phenolic OH excluding ortho intramolecular Hbond substituents is 1. The van der Waals surface area contributed by atoms with Gasteiger partial charge in [-0.25, -0.2) is 4.98 Å². The average molecular weight is 305 g/mol. The van der Waals surface area contributed by atoms with Crippen LogP contribution >= 0.6 is 15.9 Å². The summed E-state index contributed by atoms with van der Waals surface area (Å²) >= 11 is 3.37. The van der Waals surface area contributed by atoms with E-state index in [2.05, 4.69) is 20.9 Å². The van der Waals surface area contributed by atoms with E-state index >= 15 is 0 Å². The number of aromatic hydroxyl groups is 1. The summed E-state index contributed by atoms with van der Waals surface area (Å²) < 4.78 is 6.52. The molecule has 0 saturated heterocycles. The fraction of sp³-hybridized carbons (Fsp3) is 0. The molecule has 0 unspecified atom stereocenters. The van der Waals surface area contributed by atoms with Crippen molar-refractivity contribution >= 4 is 32.7 Å². The van der Waals surface area contributed by atoms with E-state index in [4.69, 9.17) is 10.2 Å². The Kier molecular flexibility index (Phi) is 2.48. The third kappa shape index (κ3) is 1.82. The van der Waals surface area contributed by atoms with Gasteiger partial charge in [0, 0.05) is 16.2 Å². The second-order valence-corrected chi connectivity index (χ2v) is 4.82. The van der Waals surface area contributed by atoms with Crippen molar-refractivity contribution in [2.75, 3.05) is 5.73 Å². The molecule has 0 aliphatic carbocycles. The molecule has 0 aliphatic heterocycles. The molecule has 0 saturated carbocycles. The summed E-state index contributed by atoms with van der Waals surface area (Å²) in [6.45, 7) is 0. The molecular formula is C13H9BrN2O2. The molecule has 0 fully saturated rings. The number of fused-ring (bicyclic) bond motifs is 1. The predicted octanol–water partition coefficient (Wildman–Crippen LogP) is 3.55. The fourth-order valence-corrected chi connectivity index (χ4v) is 2.09. The maximum Gasteiger partial charge on any atom is 0.231 e. The monoisotopic (exact) mass is 304 g/mol. The topological polar surface area (TPSA) is 72.3 Å². The largest absolute Gasteiger partial charge is 0.507 e. The van der Waals surface area contributed by atoms with Crippen LogP contribution in [-0.4, -0.2) is 10.1 Å². The Hall–Kier alpha value is -2.01. The summed E-state index contributed by atoms with van der Waals surface area (Å²) in [6, 6.07) is 10.4. The first kappa shape index (κ1) is 11.1. The van der Waals surface area contributed by atoms with Gasteiger partial charge in [0.2, 0.25) is 5.89 Å². The van der Waals surface area contributed by atoms with Gasteiger partial charge in [-0.15, -0.1) is 0 Å². The van der Waals surface area contributed by atoms with Crippen molar-refractivity contribution in [3.63, 3.8) is 0 Å². The van der Waals surface area contributed by atoms with Crippen molar-refractivity contribution in [3.8, 4) is 17.2 Å². The van der Waals surface area contributed by atoms with Gasteiger partial charge in [0.1, 0.15) is 11.3 Å². The molecule has 0 spiro atoms. The smallest absolute Gasteiger partial charge is 0.231 e. The first-order chi connectivity index (χ1) is 8.63. The molecule has 2 aromatic carbocycles. The number of hydrogen-bond donors (Lipinski definition) is 2. The lowest BCUT2D eigenvalue weighted by atomic mass is 10.2. The maximum atomic E-state index is 9.84. The van der Waals surface area contributed by atoms with Gasteiger partial charge in [0.25, 0.3) is 0 Å². The van der Waals surface area contributed by atoms with Gasteiger partial charge in [-0.2, -0.15) is 0 Å². The minimum absolute atomic E-state index is 0.0561. The number of nitrogens with two attached hydrogens (primary N) is 1. The molecule has 0 aliphatic rings. The molecule has 5 heteroatoms. The molecule has 1 aromatic heterocycles. The molecule has 0 radical (unpaired) electrons. The highest BCUT2D eigenvalue weighted by atomic mass is 79.9. The Balaban J connectivity index is 2.19. The number of hydrogen-bond acceptors (Lipinski definition) is 4. The van der Waals surface area contributed by atoms with Crippen LogP contribution < -0.4 is 5.73 Å². The fourth-order valence-electron chi connectivity index (χ4n) is 1.75. The normalized spacial score (nSPS) is 10.9. The minimum atomic E-state index is 0.0561. The highest BCUT2D eigenvalue weighted by molar-refractivity contribution is 9.10. The standard InChI is InChI=1S/C13H9BrN2O2/c14-7-1-4-12-10(5-7)16-13(18-12)9-3-2-8(15)6-11(9)17/h1-6,17H,15H2. The molecule has 0 bridgehead atoms. The van der Waals surface area contributed by atoms with E-state index in [9.17, 15) is 5.11 Å². The minimum Gasteiger partial charge on any atom is -0.507 e. The van der Waals surface area contributed by atoms with Crippen LogP contribution in [0.25, 0.3) is 22.6 Å². The third-order valence-corrected chi connectivity index (χ3v) is 3.10. The zero-order valence-corrected chi connectivity index (χ0v) is 10.8. The highest BCUT2D eigenvalue weighted by Crippen LogP contribution is 2.32. The Morgan fingerprint density at radius 3 is 2.78 bits per heavy atom. The Morgan fingerprint density at radius 1 is 1.17 bits per heavy atom. The first-order valence-corrected chi connectivity index (χ1v) is 6.08. The number of oxazole rings is 1. The van der Waals surface area contributed by atoms with Gasteiger partial charge in [0.15, 0.2) is 5.58 Å². The van der Waals surface area contributed by atoms with Gasteiger partial charge in [-0.1, -0.05) is 15.9 Å².